The lowest BCUT2D eigenvalue weighted by Gasteiger charge is -2.25. The van der Waals surface area contributed by atoms with Gasteiger partial charge in [0.25, 0.3) is 6.29 Å². The number of carbonyl (C=O) groups excluding carboxylic acids is 2. The molecule has 0 aliphatic rings. The third kappa shape index (κ3) is 37.1. The van der Waals surface area contributed by atoms with Gasteiger partial charge in [-0.1, -0.05) is 120 Å². The van der Waals surface area contributed by atoms with Crippen LogP contribution in [0.3, 0.4) is 0 Å². The lowest BCUT2D eigenvalue weighted by Crippen LogP contribution is -2.40. The summed E-state index contributed by atoms with van der Waals surface area (Å²) in [7, 11) is 5.93. The molecule has 0 aromatic carbocycles. The molecule has 9 nitrogen and oxygen atoms in total. The summed E-state index contributed by atoms with van der Waals surface area (Å²) < 4.78 is 22.6. The fourth-order valence-corrected chi connectivity index (χ4v) is 5.06. The number of esters is 2. The summed E-state index contributed by atoms with van der Waals surface area (Å²) >= 11 is 0. The molecule has 0 heterocycles. The highest BCUT2D eigenvalue weighted by molar-refractivity contribution is 5.71. The average Bonchev–Trinajstić information content (AvgIpc) is 3.11. The van der Waals surface area contributed by atoms with Crippen molar-refractivity contribution in [2.75, 3.05) is 47.5 Å². The molecule has 1 N–H and O–H groups in total. The van der Waals surface area contributed by atoms with E-state index in [0.717, 1.165) is 103 Å². The maximum Gasteiger partial charge on any atom is 0.361 e. The van der Waals surface area contributed by atoms with Crippen LogP contribution in [0.4, 0.5) is 0 Å². The number of hydrogen-bond donors (Lipinski definition) is 1. The number of allylic oxidation sites excluding steroid dienone is 10. The number of nitrogens with zero attached hydrogens (tertiary/aromatic N) is 1. The van der Waals surface area contributed by atoms with Gasteiger partial charge in [-0.05, 0) is 70.6 Å². The number of hydrogen-bond acceptors (Lipinski definition) is 7. The highest BCUT2D eigenvalue weighted by atomic mass is 16.7. The van der Waals surface area contributed by atoms with Gasteiger partial charge in [-0.2, -0.15) is 0 Å². The van der Waals surface area contributed by atoms with Crippen molar-refractivity contribution in [2.24, 2.45) is 0 Å². The maximum absolute atomic E-state index is 12.7. The van der Waals surface area contributed by atoms with Crippen LogP contribution in [0.5, 0.6) is 0 Å². The van der Waals surface area contributed by atoms with Gasteiger partial charge in [-0.15, -0.1) is 0 Å². The monoisotopic (exact) mass is 747 g/mol. The van der Waals surface area contributed by atoms with Crippen LogP contribution in [0.1, 0.15) is 142 Å². The second-order valence-corrected chi connectivity index (χ2v) is 14.6. The predicted molar refractivity (Wildman–Crippen MR) is 216 cm³/mol. The summed E-state index contributed by atoms with van der Waals surface area (Å²) in [4.78, 5) is 37.0. The zero-order valence-corrected chi connectivity index (χ0v) is 34.2. The fourth-order valence-electron chi connectivity index (χ4n) is 5.06. The summed E-state index contributed by atoms with van der Waals surface area (Å²) in [5, 5.41) is 9.60. The van der Waals surface area contributed by atoms with Crippen LogP contribution in [0.15, 0.2) is 60.8 Å². The van der Waals surface area contributed by atoms with E-state index < -0.39 is 24.3 Å². The minimum Gasteiger partial charge on any atom is -0.477 e. The molecule has 0 aromatic rings. The van der Waals surface area contributed by atoms with Gasteiger partial charge >= 0.3 is 17.9 Å². The molecule has 0 saturated heterocycles. The number of carboxylic acids is 1. The van der Waals surface area contributed by atoms with Crippen molar-refractivity contribution in [1.29, 1.82) is 0 Å². The summed E-state index contributed by atoms with van der Waals surface area (Å²) in [6, 6.07) is 0. The molecule has 0 spiro atoms. The van der Waals surface area contributed by atoms with E-state index in [1.165, 1.54) is 6.42 Å². The van der Waals surface area contributed by atoms with Crippen molar-refractivity contribution in [3.8, 4) is 0 Å². The quantitative estimate of drug-likeness (QED) is 0.0222. The molecule has 0 amide bonds. The molecule has 0 aliphatic carbocycles. The first kappa shape index (κ1) is 50.0. The number of carbonyl (C=O) groups is 3. The van der Waals surface area contributed by atoms with Crippen LogP contribution in [-0.2, 0) is 33.3 Å². The van der Waals surface area contributed by atoms with Crippen LogP contribution >= 0.6 is 0 Å². The van der Waals surface area contributed by atoms with E-state index in [0.29, 0.717) is 17.4 Å². The molecule has 2 atom stereocenters. The number of rotatable bonds is 36. The van der Waals surface area contributed by atoms with E-state index in [2.05, 4.69) is 74.6 Å². The van der Waals surface area contributed by atoms with Gasteiger partial charge in [0.2, 0.25) is 0 Å². The number of carboxylic acid groups (broad SMARTS) is 1. The number of likely N-dealkylation sites (N-methyl/N-ethyl adjacent to an activating group) is 1. The molecule has 0 aliphatic heterocycles. The Morgan fingerprint density at radius 2 is 1.08 bits per heavy atom. The van der Waals surface area contributed by atoms with Gasteiger partial charge in [0.15, 0.2) is 6.10 Å². The van der Waals surface area contributed by atoms with E-state index in [1.807, 2.05) is 21.1 Å². The van der Waals surface area contributed by atoms with Crippen LogP contribution in [0.25, 0.3) is 0 Å². The second-order valence-electron chi connectivity index (χ2n) is 14.6. The number of ether oxygens (including phenoxy) is 4. The first-order chi connectivity index (χ1) is 25.6. The van der Waals surface area contributed by atoms with Gasteiger partial charge < -0.3 is 28.5 Å². The Morgan fingerprint density at radius 1 is 0.585 bits per heavy atom. The summed E-state index contributed by atoms with van der Waals surface area (Å²) in [6.45, 7) is 4.62. The van der Waals surface area contributed by atoms with Crippen LogP contribution in [-0.4, -0.2) is 87.4 Å². The predicted octanol–water partition coefficient (Wildman–Crippen LogP) is 10.2. The van der Waals surface area contributed by atoms with Gasteiger partial charge in [-0.3, -0.25) is 9.59 Å². The van der Waals surface area contributed by atoms with Crippen molar-refractivity contribution < 1.29 is 42.9 Å². The Hall–Kier alpha value is -3.01. The zero-order valence-electron chi connectivity index (χ0n) is 34.2. The molecule has 0 radical (unpaired) electrons. The van der Waals surface area contributed by atoms with Gasteiger partial charge in [0.05, 0.1) is 34.4 Å². The Bertz CT molecular complexity index is 1060. The highest BCUT2D eigenvalue weighted by Crippen LogP contribution is 2.12. The second kappa shape index (κ2) is 36.0. The van der Waals surface area contributed by atoms with Gasteiger partial charge in [0.1, 0.15) is 13.2 Å². The summed E-state index contributed by atoms with van der Waals surface area (Å²) in [6.07, 6.45) is 38.5. The Kier molecular flexibility index (Phi) is 33.9. The molecule has 53 heavy (non-hydrogen) atoms. The molecule has 9 heteroatoms. The summed E-state index contributed by atoms with van der Waals surface area (Å²) in [5.74, 6) is -2.06. The minimum absolute atomic E-state index is 0.179. The molecule has 304 valence electrons. The van der Waals surface area contributed by atoms with Gasteiger partial charge in [0, 0.05) is 12.8 Å². The molecule has 2 unspecified atom stereocenters. The smallest absolute Gasteiger partial charge is 0.361 e. The topological polar surface area (TPSA) is 108 Å². The zero-order chi connectivity index (χ0) is 39.3. The van der Waals surface area contributed by atoms with Crippen molar-refractivity contribution in [3.63, 3.8) is 0 Å². The Morgan fingerprint density at radius 3 is 1.60 bits per heavy atom. The third-order valence-corrected chi connectivity index (χ3v) is 8.24. The lowest BCUT2D eigenvalue weighted by molar-refractivity contribution is -0.870. The fraction of sp³-hybridized carbons (Fsp3) is 0.705. The Balaban J connectivity index is 4.56. The highest BCUT2D eigenvalue weighted by Gasteiger charge is 2.25. The minimum atomic E-state index is -1.52. The largest absolute Gasteiger partial charge is 0.477 e. The lowest BCUT2D eigenvalue weighted by atomic mass is 10.1. The van der Waals surface area contributed by atoms with E-state index in [-0.39, 0.29) is 38.6 Å². The molecule has 0 saturated carbocycles. The van der Waals surface area contributed by atoms with E-state index in [9.17, 15) is 19.5 Å². The molecular weight excluding hydrogens is 670 g/mol. The molecule has 0 aromatic heterocycles. The van der Waals surface area contributed by atoms with Crippen molar-refractivity contribution >= 4 is 17.9 Å². The molecule has 0 fully saturated rings. The third-order valence-electron chi connectivity index (χ3n) is 8.24. The number of aliphatic carboxylic acids is 1. The first-order valence-corrected chi connectivity index (χ1v) is 20.5. The SMILES string of the molecule is CC/C=C\C/C=C\C/C=C\CCCCCCCC(=O)OC(COC(=O)CCCCCCC/C=C\C/C=C\CCC)COC(OCC[N+](C)(C)C)C(=O)O. The van der Waals surface area contributed by atoms with E-state index in [4.69, 9.17) is 18.9 Å². The van der Waals surface area contributed by atoms with Crippen LogP contribution in [0, 0.1) is 0 Å². The van der Waals surface area contributed by atoms with Crippen molar-refractivity contribution in [3.05, 3.63) is 60.8 Å². The molecular formula is C44H76NO8+. The number of quaternary nitrogens is 1. The average molecular weight is 747 g/mol. The normalized spacial score (nSPS) is 13.6. The maximum atomic E-state index is 12.7. The molecule has 0 bridgehead atoms. The van der Waals surface area contributed by atoms with Gasteiger partial charge in [-0.25, -0.2) is 4.79 Å². The van der Waals surface area contributed by atoms with E-state index >= 15 is 0 Å². The van der Waals surface area contributed by atoms with Crippen molar-refractivity contribution in [2.45, 2.75) is 155 Å². The molecule has 0 rings (SSSR count). The Labute approximate surface area is 323 Å². The van der Waals surface area contributed by atoms with Crippen LogP contribution in [0.2, 0.25) is 0 Å². The number of unbranched alkanes of at least 4 members (excludes halogenated alkanes) is 11. The first-order valence-electron chi connectivity index (χ1n) is 20.5. The standard InChI is InChI=1S/C44H75NO8/c1-6-8-10-12-14-16-18-20-21-23-25-27-29-31-33-35-42(47)53-40(39-52-44(43(48)49)50-37-36-45(3,4)5)38-51-41(46)34-32-30-28-26-24-22-19-17-15-13-11-9-7-2/h8,10-11,13-14,16-17,19-21,40,44H,6-7,9,12,15,18,22-39H2,1-5H3/p+1/b10-8-,13-11-,16-14-,19-17-,21-20-. The van der Waals surface area contributed by atoms with Crippen molar-refractivity contribution in [1.82, 2.24) is 0 Å². The van der Waals surface area contributed by atoms with Crippen LogP contribution < -0.4 is 0 Å². The summed E-state index contributed by atoms with van der Waals surface area (Å²) in [5.41, 5.74) is 0. The van der Waals surface area contributed by atoms with E-state index in [1.54, 1.807) is 0 Å².